The van der Waals surface area contributed by atoms with Crippen molar-refractivity contribution in [1.82, 2.24) is 34.9 Å². The highest BCUT2D eigenvalue weighted by molar-refractivity contribution is 5.80. The van der Waals surface area contributed by atoms with E-state index in [0.29, 0.717) is 24.0 Å². The van der Waals surface area contributed by atoms with Crippen molar-refractivity contribution in [1.29, 1.82) is 0 Å². The fraction of sp³-hybridized carbons (Fsp3) is 0.423. The summed E-state index contributed by atoms with van der Waals surface area (Å²) in [5, 5.41) is 3.87. The Kier molecular flexibility index (Phi) is 5.77. The van der Waals surface area contributed by atoms with Crippen LogP contribution in [0.15, 0.2) is 41.1 Å². The minimum atomic E-state index is 0.289. The van der Waals surface area contributed by atoms with Gasteiger partial charge in [-0.05, 0) is 55.7 Å². The van der Waals surface area contributed by atoms with Gasteiger partial charge in [-0.3, -0.25) is 14.7 Å². The van der Waals surface area contributed by atoms with E-state index in [0.717, 1.165) is 73.7 Å². The number of hydrogen-bond donors (Lipinski definition) is 1. The molecule has 1 aliphatic heterocycles. The highest BCUT2D eigenvalue weighted by atomic mass is 16.5. The van der Waals surface area contributed by atoms with Gasteiger partial charge in [0.15, 0.2) is 5.82 Å². The molecule has 1 N–H and O–H groups in total. The van der Waals surface area contributed by atoms with Crippen LogP contribution in [0.2, 0.25) is 0 Å². The molecule has 1 amide bonds. The number of aromatic nitrogens is 5. The molecule has 2 fully saturated rings. The van der Waals surface area contributed by atoms with Gasteiger partial charge < -0.3 is 14.4 Å². The summed E-state index contributed by atoms with van der Waals surface area (Å²) in [6, 6.07) is 10.1. The zero-order valence-electron chi connectivity index (χ0n) is 19.9. The Bertz CT molecular complexity index is 1350. The Labute approximate surface area is 203 Å². The maximum atomic E-state index is 12.5. The molecule has 2 aliphatic rings. The fourth-order valence-electron chi connectivity index (χ4n) is 4.89. The number of aromatic amines is 1. The third kappa shape index (κ3) is 4.68. The first-order chi connectivity index (χ1) is 17.1. The Morgan fingerprint density at radius 3 is 2.71 bits per heavy atom. The average Bonchev–Trinajstić information content (AvgIpc) is 3.43. The number of nitrogens with one attached hydrogen (secondary N) is 1. The Balaban J connectivity index is 1.09. The van der Waals surface area contributed by atoms with Crippen LogP contribution in [0, 0.1) is 12.8 Å². The van der Waals surface area contributed by atoms with E-state index in [-0.39, 0.29) is 5.92 Å². The van der Waals surface area contributed by atoms with E-state index in [2.05, 4.69) is 42.0 Å². The predicted octanol–water partition coefficient (Wildman–Crippen LogP) is 3.35. The number of pyridine rings is 1. The van der Waals surface area contributed by atoms with Crippen molar-refractivity contribution in [3.63, 3.8) is 0 Å². The summed E-state index contributed by atoms with van der Waals surface area (Å²) in [6.07, 6.45) is 5.85. The molecule has 0 unspecified atom stereocenters. The predicted molar refractivity (Wildman–Crippen MR) is 130 cm³/mol. The van der Waals surface area contributed by atoms with Crippen LogP contribution >= 0.6 is 0 Å². The summed E-state index contributed by atoms with van der Waals surface area (Å²) in [6.45, 7) is 6.17. The second-order valence-electron chi connectivity index (χ2n) is 9.62. The molecule has 9 nitrogen and oxygen atoms in total. The largest absolute Gasteiger partial charge is 0.342 e. The van der Waals surface area contributed by atoms with E-state index < -0.39 is 0 Å². The SMILES string of the molecule is Cc1noc(-c2ccc3nc(Cc4cc(CN5CCN(C(=O)C6CCC6)CC5)ccn4)[nH]c3c2)n1. The lowest BCUT2D eigenvalue weighted by Gasteiger charge is -2.38. The van der Waals surface area contributed by atoms with Gasteiger partial charge in [-0.1, -0.05) is 11.6 Å². The number of nitrogens with zero attached hydrogens (tertiary/aromatic N) is 6. The Hall–Kier alpha value is -3.59. The summed E-state index contributed by atoms with van der Waals surface area (Å²) in [5.41, 5.74) is 4.90. The summed E-state index contributed by atoms with van der Waals surface area (Å²) in [7, 11) is 0. The van der Waals surface area contributed by atoms with E-state index >= 15 is 0 Å². The average molecular weight is 472 g/mol. The lowest BCUT2D eigenvalue weighted by atomic mass is 9.84. The third-order valence-corrected chi connectivity index (χ3v) is 7.08. The van der Waals surface area contributed by atoms with Crippen molar-refractivity contribution in [2.45, 2.75) is 39.2 Å². The zero-order valence-corrected chi connectivity index (χ0v) is 19.9. The number of imidazole rings is 1. The minimum absolute atomic E-state index is 0.289. The molecule has 0 radical (unpaired) electrons. The summed E-state index contributed by atoms with van der Waals surface area (Å²) < 4.78 is 5.28. The van der Waals surface area contributed by atoms with Crippen molar-refractivity contribution in [2.75, 3.05) is 26.2 Å². The first kappa shape index (κ1) is 21.9. The van der Waals surface area contributed by atoms with Crippen molar-refractivity contribution in [2.24, 2.45) is 5.92 Å². The van der Waals surface area contributed by atoms with Crippen LogP contribution in [0.1, 0.15) is 42.2 Å². The number of fused-ring (bicyclic) bond motifs is 1. The molecule has 6 rings (SSSR count). The smallest absolute Gasteiger partial charge is 0.257 e. The molecule has 1 aromatic carbocycles. The van der Waals surface area contributed by atoms with Gasteiger partial charge in [0.05, 0.1) is 11.0 Å². The molecule has 0 bridgehead atoms. The number of rotatable bonds is 6. The second-order valence-corrected chi connectivity index (χ2v) is 9.62. The molecule has 0 spiro atoms. The van der Waals surface area contributed by atoms with Crippen molar-refractivity contribution in [3.05, 3.63) is 59.4 Å². The number of aryl methyl sites for hydroxylation is 1. The van der Waals surface area contributed by atoms with Crippen LogP contribution in [0.4, 0.5) is 0 Å². The maximum absolute atomic E-state index is 12.5. The number of carbonyl (C=O) groups excluding carboxylic acids is 1. The molecule has 9 heteroatoms. The van der Waals surface area contributed by atoms with Gasteiger partial charge in [-0.2, -0.15) is 4.98 Å². The first-order valence-electron chi connectivity index (χ1n) is 12.3. The van der Waals surface area contributed by atoms with E-state index in [1.165, 1.54) is 12.0 Å². The number of hydrogen-bond acceptors (Lipinski definition) is 7. The van der Waals surface area contributed by atoms with Crippen molar-refractivity contribution in [3.8, 4) is 11.5 Å². The maximum Gasteiger partial charge on any atom is 0.257 e. The normalized spacial score (nSPS) is 17.1. The standard InChI is InChI=1S/C26H29N7O2/c1-17-28-25(35-31-17)20-5-6-22-23(14-20)30-24(29-22)15-21-13-18(7-8-27-21)16-32-9-11-33(12-10-32)26(34)19-3-2-4-19/h5-8,13-14,19H,2-4,9-12,15-16H2,1H3,(H,29,30). The molecule has 3 aromatic heterocycles. The van der Waals surface area contributed by atoms with Gasteiger partial charge in [0, 0.05) is 62.5 Å². The molecule has 1 aliphatic carbocycles. The van der Waals surface area contributed by atoms with Gasteiger partial charge in [0.25, 0.3) is 5.89 Å². The Morgan fingerprint density at radius 2 is 1.97 bits per heavy atom. The number of piperazine rings is 1. The van der Waals surface area contributed by atoms with Crippen LogP contribution in [-0.4, -0.2) is 67.0 Å². The van der Waals surface area contributed by atoms with Crippen LogP contribution in [0.5, 0.6) is 0 Å². The monoisotopic (exact) mass is 471 g/mol. The molecular formula is C26H29N7O2. The summed E-state index contributed by atoms with van der Waals surface area (Å²) in [4.78, 5) is 34.0. The lowest BCUT2D eigenvalue weighted by molar-refractivity contribution is -0.140. The molecule has 4 aromatic rings. The van der Waals surface area contributed by atoms with E-state index in [4.69, 9.17) is 9.51 Å². The van der Waals surface area contributed by atoms with Crippen LogP contribution in [-0.2, 0) is 17.8 Å². The summed E-state index contributed by atoms with van der Waals surface area (Å²) >= 11 is 0. The summed E-state index contributed by atoms with van der Waals surface area (Å²) in [5.74, 6) is 2.64. The van der Waals surface area contributed by atoms with Gasteiger partial charge in [0.1, 0.15) is 5.82 Å². The number of benzene rings is 1. The molecule has 35 heavy (non-hydrogen) atoms. The van der Waals surface area contributed by atoms with Gasteiger partial charge in [-0.15, -0.1) is 0 Å². The number of H-pyrrole nitrogens is 1. The van der Waals surface area contributed by atoms with Crippen LogP contribution in [0.3, 0.4) is 0 Å². The molecule has 4 heterocycles. The topological polar surface area (TPSA) is 104 Å². The van der Waals surface area contributed by atoms with E-state index in [1.807, 2.05) is 24.4 Å². The molecule has 0 atom stereocenters. The van der Waals surface area contributed by atoms with Crippen LogP contribution < -0.4 is 0 Å². The molecular weight excluding hydrogens is 442 g/mol. The van der Waals surface area contributed by atoms with Gasteiger partial charge >= 0.3 is 0 Å². The Morgan fingerprint density at radius 1 is 1.11 bits per heavy atom. The molecule has 1 saturated carbocycles. The molecule has 180 valence electrons. The lowest BCUT2D eigenvalue weighted by Crippen LogP contribution is -2.50. The quantitative estimate of drug-likeness (QED) is 0.460. The molecule has 1 saturated heterocycles. The van der Waals surface area contributed by atoms with Gasteiger partial charge in [0.2, 0.25) is 5.91 Å². The van der Waals surface area contributed by atoms with E-state index in [1.54, 1.807) is 6.92 Å². The fourth-order valence-corrected chi connectivity index (χ4v) is 4.89. The van der Waals surface area contributed by atoms with Crippen molar-refractivity contribution >= 4 is 16.9 Å². The second kappa shape index (κ2) is 9.22. The van der Waals surface area contributed by atoms with E-state index in [9.17, 15) is 4.79 Å². The highest BCUT2D eigenvalue weighted by Crippen LogP contribution is 2.28. The van der Waals surface area contributed by atoms with Crippen molar-refractivity contribution < 1.29 is 9.32 Å². The number of amides is 1. The first-order valence-corrected chi connectivity index (χ1v) is 12.3. The zero-order chi connectivity index (χ0) is 23.8. The minimum Gasteiger partial charge on any atom is -0.342 e. The van der Waals surface area contributed by atoms with Gasteiger partial charge in [-0.25, -0.2) is 4.98 Å². The third-order valence-electron chi connectivity index (χ3n) is 7.08. The number of carbonyl (C=O) groups is 1. The van der Waals surface area contributed by atoms with Crippen LogP contribution in [0.25, 0.3) is 22.5 Å². The highest BCUT2D eigenvalue weighted by Gasteiger charge is 2.31.